The van der Waals surface area contributed by atoms with Gasteiger partial charge in [0.15, 0.2) is 6.61 Å². The van der Waals surface area contributed by atoms with Crippen molar-refractivity contribution in [1.29, 1.82) is 0 Å². The lowest BCUT2D eigenvalue weighted by atomic mass is 9.97. The number of anilines is 1. The van der Waals surface area contributed by atoms with Gasteiger partial charge in [0, 0.05) is 37.1 Å². The average molecular weight is 395 g/mol. The monoisotopic (exact) mass is 394 g/mol. The number of carbonyl (C=O) groups is 1. The fourth-order valence-electron chi connectivity index (χ4n) is 2.87. The topological polar surface area (TPSA) is 67.3 Å². The molecule has 0 bridgehead atoms. The molecule has 3 rings (SSSR count). The van der Waals surface area contributed by atoms with Crippen LogP contribution in [-0.4, -0.2) is 42.1 Å². The minimum Gasteiger partial charge on any atom is -0.482 e. The van der Waals surface area contributed by atoms with Crippen molar-refractivity contribution in [3.8, 4) is 5.75 Å². The Morgan fingerprint density at radius 3 is 2.77 bits per heavy atom. The minimum atomic E-state index is -0.160. The average Bonchev–Trinajstić information content (AvgIpc) is 2.67. The van der Waals surface area contributed by atoms with Crippen molar-refractivity contribution in [3.63, 3.8) is 0 Å². The fraction of sp³-hybridized carbons (Fsp3) is 0.389. The second-order valence-corrected chi connectivity index (χ2v) is 7.01. The molecule has 0 saturated carbocycles. The Hall–Kier alpha value is -2.05. The summed E-state index contributed by atoms with van der Waals surface area (Å²) in [4.78, 5) is 22.6. The highest BCUT2D eigenvalue weighted by atomic mass is 35.5. The molecule has 26 heavy (non-hydrogen) atoms. The Morgan fingerprint density at radius 2 is 2.08 bits per heavy atom. The molecule has 2 heterocycles. The van der Waals surface area contributed by atoms with Crippen molar-refractivity contribution in [1.82, 2.24) is 15.3 Å². The van der Waals surface area contributed by atoms with E-state index >= 15 is 0 Å². The van der Waals surface area contributed by atoms with Crippen LogP contribution < -0.4 is 15.0 Å². The summed E-state index contributed by atoms with van der Waals surface area (Å²) in [6.07, 6.45) is 7.16. The van der Waals surface area contributed by atoms with Crippen LogP contribution in [0.5, 0.6) is 5.75 Å². The second kappa shape index (κ2) is 9.05. The third kappa shape index (κ3) is 5.22. The molecule has 1 fully saturated rings. The van der Waals surface area contributed by atoms with Crippen LogP contribution in [0, 0.1) is 5.92 Å². The maximum absolute atomic E-state index is 12.0. The zero-order valence-electron chi connectivity index (χ0n) is 14.2. The SMILES string of the molecule is O=C(COc1ccc(Cl)cc1Cl)NCC1CCN(c2cnccn2)CC1. The van der Waals surface area contributed by atoms with Gasteiger partial charge in [0.25, 0.3) is 5.91 Å². The van der Waals surface area contributed by atoms with E-state index in [2.05, 4.69) is 20.2 Å². The normalized spacial score (nSPS) is 14.9. The van der Waals surface area contributed by atoms with Crippen LogP contribution in [0.3, 0.4) is 0 Å². The quantitative estimate of drug-likeness (QED) is 0.814. The van der Waals surface area contributed by atoms with E-state index < -0.39 is 0 Å². The Morgan fingerprint density at radius 1 is 1.27 bits per heavy atom. The number of ether oxygens (including phenoxy) is 1. The first-order valence-electron chi connectivity index (χ1n) is 8.47. The Labute approximate surface area is 162 Å². The van der Waals surface area contributed by atoms with Gasteiger partial charge in [-0.25, -0.2) is 4.98 Å². The molecule has 1 amide bonds. The van der Waals surface area contributed by atoms with E-state index in [1.54, 1.807) is 36.8 Å². The molecule has 1 saturated heterocycles. The smallest absolute Gasteiger partial charge is 0.257 e. The molecule has 6 nitrogen and oxygen atoms in total. The fourth-order valence-corrected chi connectivity index (χ4v) is 3.33. The summed E-state index contributed by atoms with van der Waals surface area (Å²) in [5.41, 5.74) is 0. The van der Waals surface area contributed by atoms with E-state index in [1.165, 1.54) is 0 Å². The molecule has 0 aliphatic carbocycles. The molecule has 1 aromatic carbocycles. The number of hydrogen-bond acceptors (Lipinski definition) is 5. The summed E-state index contributed by atoms with van der Waals surface area (Å²) < 4.78 is 5.44. The molecule has 1 aromatic heterocycles. The number of hydrogen-bond donors (Lipinski definition) is 1. The molecule has 1 aliphatic rings. The summed E-state index contributed by atoms with van der Waals surface area (Å²) in [7, 11) is 0. The molecule has 0 atom stereocenters. The molecule has 1 aliphatic heterocycles. The first kappa shape index (κ1) is 18.7. The van der Waals surface area contributed by atoms with Crippen molar-refractivity contribution in [3.05, 3.63) is 46.8 Å². The van der Waals surface area contributed by atoms with Gasteiger partial charge in [0.05, 0.1) is 11.2 Å². The van der Waals surface area contributed by atoms with Crippen LogP contribution in [0.1, 0.15) is 12.8 Å². The maximum Gasteiger partial charge on any atom is 0.257 e. The molecular formula is C18H20Cl2N4O2. The third-order valence-corrected chi connectivity index (χ3v) is 4.86. The first-order chi connectivity index (χ1) is 12.6. The van der Waals surface area contributed by atoms with Crippen molar-refractivity contribution < 1.29 is 9.53 Å². The van der Waals surface area contributed by atoms with Gasteiger partial charge in [-0.15, -0.1) is 0 Å². The van der Waals surface area contributed by atoms with E-state index in [0.29, 0.717) is 28.3 Å². The van der Waals surface area contributed by atoms with Crippen molar-refractivity contribution in [2.75, 3.05) is 31.1 Å². The molecule has 0 radical (unpaired) electrons. The molecule has 0 unspecified atom stereocenters. The predicted octanol–water partition coefficient (Wildman–Crippen LogP) is 3.20. The highest BCUT2D eigenvalue weighted by molar-refractivity contribution is 6.35. The van der Waals surface area contributed by atoms with E-state index in [9.17, 15) is 4.79 Å². The van der Waals surface area contributed by atoms with Crippen LogP contribution in [0.15, 0.2) is 36.8 Å². The third-order valence-electron chi connectivity index (χ3n) is 4.33. The standard InChI is InChI=1S/C18H20Cl2N4O2/c19-14-1-2-16(15(20)9-14)26-12-18(25)23-10-13-3-7-24(8-4-13)17-11-21-5-6-22-17/h1-2,5-6,9,11,13H,3-4,7-8,10,12H2,(H,23,25). The minimum absolute atomic E-state index is 0.0696. The molecule has 138 valence electrons. The van der Waals surface area contributed by atoms with Crippen molar-refractivity contribution in [2.24, 2.45) is 5.92 Å². The van der Waals surface area contributed by atoms with Gasteiger partial charge in [0.1, 0.15) is 11.6 Å². The summed E-state index contributed by atoms with van der Waals surface area (Å²) in [5.74, 6) is 1.64. The zero-order chi connectivity index (χ0) is 18.4. The van der Waals surface area contributed by atoms with E-state index in [-0.39, 0.29) is 12.5 Å². The van der Waals surface area contributed by atoms with Crippen LogP contribution >= 0.6 is 23.2 Å². The highest BCUT2D eigenvalue weighted by Crippen LogP contribution is 2.27. The van der Waals surface area contributed by atoms with Gasteiger partial charge in [-0.05, 0) is 37.0 Å². The van der Waals surface area contributed by atoms with Crippen LogP contribution in [0.25, 0.3) is 0 Å². The number of piperidine rings is 1. The van der Waals surface area contributed by atoms with Gasteiger partial charge in [0.2, 0.25) is 0 Å². The number of carbonyl (C=O) groups excluding carboxylic acids is 1. The van der Waals surface area contributed by atoms with Gasteiger partial charge in [-0.2, -0.15) is 0 Å². The number of aromatic nitrogens is 2. The van der Waals surface area contributed by atoms with Crippen molar-refractivity contribution in [2.45, 2.75) is 12.8 Å². The molecule has 1 N–H and O–H groups in total. The Balaban J connectivity index is 1.37. The summed E-state index contributed by atoms with van der Waals surface area (Å²) in [6.45, 7) is 2.40. The van der Waals surface area contributed by atoms with Crippen LogP contribution in [-0.2, 0) is 4.79 Å². The lowest BCUT2D eigenvalue weighted by Crippen LogP contribution is -2.40. The van der Waals surface area contributed by atoms with E-state index in [1.807, 2.05) is 0 Å². The molecule has 8 heteroatoms. The molecule has 0 spiro atoms. The second-order valence-electron chi connectivity index (χ2n) is 6.16. The van der Waals surface area contributed by atoms with Gasteiger partial charge in [-0.1, -0.05) is 23.2 Å². The Bertz CT molecular complexity index is 737. The molecular weight excluding hydrogens is 375 g/mol. The number of halogens is 2. The first-order valence-corrected chi connectivity index (χ1v) is 9.23. The van der Waals surface area contributed by atoms with E-state index in [4.69, 9.17) is 27.9 Å². The summed E-state index contributed by atoms with van der Waals surface area (Å²) in [6, 6.07) is 4.91. The van der Waals surface area contributed by atoms with Gasteiger partial charge in [-0.3, -0.25) is 9.78 Å². The van der Waals surface area contributed by atoms with Crippen LogP contribution in [0.2, 0.25) is 10.0 Å². The van der Waals surface area contributed by atoms with Crippen molar-refractivity contribution >= 4 is 34.9 Å². The number of benzene rings is 1. The zero-order valence-corrected chi connectivity index (χ0v) is 15.7. The summed E-state index contributed by atoms with van der Waals surface area (Å²) >= 11 is 11.9. The largest absolute Gasteiger partial charge is 0.482 e. The molecule has 2 aromatic rings. The number of amides is 1. The van der Waals surface area contributed by atoms with E-state index in [0.717, 1.165) is 31.7 Å². The maximum atomic E-state index is 12.0. The number of nitrogens with zero attached hydrogens (tertiary/aromatic N) is 3. The lowest BCUT2D eigenvalue weighted by Gasteiger charge is -2.32. The number of rotatable bonds is 6. The van der Waals surface area contributed by atoms with Crippen LogP contribution in [0.4, 0.5) is 5.82 Å². The predicted molar refractivity (Wildman–Crippen MR) is 102 cm³/mol. The summed E-state index contributed by atoms with van der Waals surface area (Å²) in [5, 5.41) is 3.85. The van der Waals surface area contributed by atoms with Gasteiger partial charge >= 0.3 is 0 Å². The Kier molecular flexibility index (Phi) is 6.52. The van der Waals surface area contributed by atoms with Gasteiger partial charge < -0.3 is 15.0 Å². The highest BCUT2D eigenvalue weighted by Gasteiger charge is 2.20. The lowest BCUT2D eigenvalue weighted by molar-refractivity contribution is -0.123. The number of nitrogens with one attached hydrogen (secondary N) is 1.